The number of pyridine rings is 1. The molecule has 1 aromatic heterocycles. The van der Waals surface area contributed by atoms with Crippen LogP contribution >= 0.6 is 11.8 Å². The van der Waals surface area contributed by atoms with E-state index in [1.165, 1.54) is 18.3 Å². The standard InChI is InChI=1S/C16H16N2O3S/c1-10-5-3-6-11(2)14(10)18-13(19)9-22-15-12(16(20)21)7-4-8-17-15/h3-8H,9H2,1-2H3,(H,18,19)(H,20,21)/p-1. The minimum atomic E-state index is -1.30. The number of thioether (sulfide) groups is 1. The van der Waals surface area contributed by atoms with Gasteiger partial charge in [0.1, 0.15) is 5.03 Å². The largest absolute Gasteiger partial charge is 0.545 e. The number of amides is 1. The van der Waals surface area contributed by atoms with Gasteiger partial charge in [-0.15, -0.1) is 0 Å². The van der Waals surface area contributed by atoms with E-state index in [1.54, 1.807) is 0 Å². The maximum atomic E-state index is 12.0. The highest BCUT2D eigenvalue weighted by Crippen LogP contribution is 2.22. The molecule has 2 aromatic rings. The zero-order valence-corrected chi connectivity index (χ0v) is 13.1. The van der Waals surface area contributed by atoms with Gasteiger partial charge in [-0.2, -0.15) is 0 Å². The van der Waals surface area contributed by atoms with Crippen molar-refractivity contribution in [3.8, 4) is 0 Å². The van der Waals surface area contributed by atoms with Crippen molar-refractivity contribution in [3.63, 3.8) is 0 Å². The molecule has 0 atom stereocenters. The predicted molar refractivity (Wildman–Crippen MR) is 83.8 cm³/mol. The number of aromatic nitrogens is 1. The normalized spacial score (nSPS) is 10.3. The third-order valence-electron chi connectivity index (χ3n) is 3.08. The van der Waals surface area contributed by atoms with Gasteiger partial charge >= 0.3 is 0 Å². The van der Waals surface area contributed by atoms with Crippen molar-refractivity contribution in [1.82, 2.24) is 4.98 Å². The summed E-state index contributed by atoms with van der Waals surface area (Å²) in [5, 5.41) is 14.1. The van der Waals surface area contributed by atoms with Gasteiger partial charge < -0.3 is 15.2 Å². The molecule has 6 heteroatoms. The molecule has 1 heterocycles. The lowest BCUT2D eigenvalue weighted by molar-refractivity contribution is -0.255. The monoisotopic (exact) mass is 315 g/mol. The van der Waals surface area contributed by atoms with Gasteiger partial charge in [0.25, 0.3) is 0 Å². The number of hydrogen-bond donors (Lipinski definition) is 1. The summed E-state index contributed by atoms with van der Waals surface area (Å²) in [4.78, 5) is 27.0. The minimum absolute atomic E-state index is 0.00706. The van der Waals surface area contributed by atoms with Crippen LogP contribution in [0.1, 0.15) is 21.5 Å². The van der Waals surface area contributed by atoms with Crippen LogP contribution in [0.2, 0.25) is 0 Å². The van der Waals surface area contributed by atoms with E-state index in [0.717, 1.165) is 28.6 Å². The first-order valence-corrected chi connectivity index (χ1v) is 7.63. The second-order valence-corrected chi connectivity index (χ2v) is 5.71. The van der Waals surface area contributed by atoms with Crippen molar-refractivity contribution in [2.24, 2.45) is 0 Å². The van der Waals surface area contributed by atoms with E-state index in [1.807, 2.05) is 32.0 Å². The molecule has 0 spiro atoms. The van der Waals surface area contributed by atoms with Gasteiger partial charge in [-0.3, -0.25) is 4.79 Å². The Hall–Kier alpha value is -2.34. The average molecular weight is 315 g/mol. The number of carbonyl (C=O) groups excluding carboxylic acids is 2. The van der Waals surface area contributed by atoms with Gasteiger partial charge in [-0.25, -0.2) is 4.98 Å². The van der Waals surface area contributed by atoms with E-state index < -0.39 is 5.97 Å². The summed E-state index contributed by atoms with van der Waals surface area (Å²) in [6.45, 7) is 3.84. The molecule has 0 aliphatic heterocycles. The number of aryl methyl sites for hydroxylation is 2. The lowest BCUT2D eigenvalue weighted by Gasteiger charge is -2.12. The number of hydrogen-bond acceptors (Lipinski definition) is 5. The van der Waals surface area contributed by atoms with Gasteiger partial charge in [-0.05, 0) is 37.1 Å². The van der Waals surface area contributed by atoms with Crippen molar-refractivity contribution < 1.29 is 14.7 Å². The van der Waals surface area contributed by atoms with E-state index in [-0.39, 0.29) is 22.2 Å². The SMILES string of the molecule is Cc1cccc(C)c1NC(=O)CSc1ncccc1C(=O)[O-]. The number of benzene rings is 1. The molecular weight excluding hydrogens is 300 g/mol. The maximum Gasteiger partial charge on any atom is 0.234 e. The third kappa shape index (κ3) is 3.85. The zero-order valence-electron chi connectivity index (χ0n) is 12.3. The smallest absolute Gasteiger partial charge is 0.234 e. The van der Waals surface area contributed by atoms with Crippen LogP contribution in [-0.2, 0) is 4.79 Å². The molecule has 0 bridgehead atoms. The Morgan fingerprint density at radius 2 is 1.86 bits per heavy atom. The van der Waals surface area contributed by atoms with Gasteiger partial charge in [0.2, 0.25) is 5.91 Å². The van der Waals surface area contributed by atoms with Crippen molar-refractivity contribution in [2.45, 2.75) is 18.9 Å². The molecule has 1 amide bonds. The van der Waals surface area contributed by atoms with Gasteiger partial charge in [0, 0.05) is 17.4 Å². The van der Waals surface area contributed by atoms with Crippen LogP contribution in [-0.4, -0.2) is 22.6 Å². The Labute approximate surface area is 132 Å². The molecular formula is C16H15N2O3S-. The van der Waals surface area contributed by atoms with Crippen LogP contribution in [0.25, 0.3) is 0 Å². The molecule has 0 radical (unpaired) electrons. The summed E-state index contributed by atoms with van der Waals surface area (Å²) in [5.41, 5.74) is 2.74. The number of carboxylic acid groups (broad SMARTS) is 1. The Kier molecular flexibility index (Phi) is 5.16. The number of aromatic carboxylic acids is 1. The molecule has 1 N–H and O–H groups in total. The summed E-state index contributed by atoms with van der Waals surface area (Å²) in [6.07, 6.45) is 1.48. The fourth-order valence-corrected chi connectivity index (χ4v) is 2.76. The fourth-order valence-electron chi connectivity index (χ4n) is 1.98. The Bertz CT molecular complexity index is 696. The highest BCUT2D eigenvalue weighted by Gasteiger charge is 2.10. The lowest BCUT2D eigenvalue weighted by Crippen LogP contribution is -2.23. The minimum Gasteiger partial charge on any atom is -0.545 e. The topological polar surface area (TPSA) is 82.1 Å². The maximum absolute atomic E-state index is 12.0. The molecule has 0 aliphatic carbocycles. The van der Waals surface area contributed by atoms with Gasteiger partial charge in [0.15, 0.2) is 0 Å². The average Bonchev–Trinajstić information content (AvgIpc) is 2.49. The van der Waals surface area contributed by atoms with Crippen LogP contribution in [0.5, 0.6) is 0 Å². The van der Waals surface area contributed by atoms with Crippen molar-refractivity contribution in [3.05, 3.63) is 53.2 Å². The number of para-hydroxylation sites is 1. The molecule has 5 nitrogen and oxygen atoms in total. The van der Waals surface area contributed by atoms with Crippen molar-refractivity contribution >= 4 is 29.3 Å². The fraction of sp³-hybridized carbons (Fsp3) is 0.188. The van der Waals surface area contributed by atoms with Crippen molar-refractivity contribution in [2.75, 3.05) is 11.1 Å². The van der Waals surface area contributed by atoms with E-state index in [2.05, 4.69) is 10.3 Å². The van der Waals surface area contributed by atoms with E-state index in [4.69, 9.17) is 0 Å². The van der Waals surface area contributed by atoms with E-state index >= 15 is 0 Å². The second kappa shape index (κ2) is 7.09. The van der Waals surface area contributed by atoms with Crippen LogP contribution in [0, 0.1) is 13.8 Å². The number of anilines is 1. The molecule has 2 rings (SSSR count). The molecule has 22 heavy (non-hydrogen) atoms. The summed E-state index contributed by atoms with van der Waals surface area (Å²) in [5.74, 6) is -1.44. The molecule has 1 aromatic carbocycles. The molecule has 0 saturated carbocycles. The number of rotatable bonds is 5. The first-order valence-electron chi connectivity index (χ1n) is 6.64. The number of nitrogens with zero attached hydrogens (tertiary/aromatic N) is 1. The third-order valence-corrected chi connectivity index (χ3v) is 4.08. The first kappa shape index (κ1) is 16.0. The van der Waals surface area contributed by atoms with Crippen LogP contribution < -0.4 is 10.4 Å². The van der Waals surface area contributed by atoms with Gasteiger partial charge in [-0.1, -0.05) is 30.0 Å². The first-order chi connectivity index (χ1) is 10.5. The summed E-state index contributed by atoms with van der Waals surface area (Å²) < 4.78 is 0. The Balaban J connectivity index is 2.04. The highest BCUT2D eigenvalue weighted by atomic mass is 32.2. The van der Waals surface area contributed by atoms with Crippen molar-refractivity contribution in [1.29, 1.82) is 0 Å². The molecule has 0 aliphatic rings. The van der Waals surface area contributed by atoms with Crippen LogP contribution in [0.4, 0.5) is 5.69 Å². The molecule has 0 saturated heterocycles. The van der Waals surface area contributed by atoms with E-state index in [9.17, 15) is 14.7 Å². The van der Waals surface area contributed by atoms with Crippen LogP contribution in [0.15, 0.2) is 41.6 Å². The second-order valence-electron chi connectivity index (χ2n) is 4.75. The summed E-state index contributed by atoms with van der Waals surface area (Å²) in [6, 6.07) is 8.69. The molecule has 0 unspecified atom stereocenters. The highest BCUT2D eigenvalue weighted by molar-refractivity contribution is 8.00. The quantitative estimate of drug-likeness (QED) is 0.851. The zero-order chi connectivity index (χ0) is 16.1. The predicted octanol–water partition coefficient (Wildman–Crippen LogP) is 1.79. The molecule has 0 fully saturated rings. The van der Waals surface area contributed by atoms with E-state index in [0.29, 0.717) is 0 Å². The molecule has 114 valence electrons. The Morgan fingerprint density at radius 3 is 2.50 bits per heavy atom. The number of nitrogens with one attached hydrogen (secondary N) is 1. The summed E-state index contributed by atoms with van der Waals surface area (Å²) in [7, 11) is 0. The summed E-state index contributed by atoms with van der Waals surface area (Å²) >= 11 is 1.07. The van der Waals surface area contributed by atoms with Gasteiger partial charge in [0.05, 0.1) is 11.7 Å². The lowest BCUT2D eigenvalue weighted by atomic mass is 10.1. The Morgan fingerprint density at radius 1 is 1.18 bits per heavy atom. The number of carbonyl (C=O) groups is 2. The van der Waals surface area contributed by atoms with Crippen LogP contribution in [0.3, 0.4) is 0 Å². The number of carboxylic acids is 1.